The minimum absolute atomic E-state index is 0.0564. The van der Waals surface area contributed by atoms with Gasteiger partial charge in [-0.1, -0.05) is 0 Å². The number of methoxy groups -OCH3 is 1. The number of carboxylic acid groups (broad SMARTS) is 1. The molecular formula is C13H25N3O5. The third kappa shape index (κ3) is 7.50. The van der Waals surface area contributed by atoms with E-state index in [0.717, 1.165) is 0 Å². The first-order valence-corrected chi connectivity index (χ1v) is 6.93. The zero-order valence-electron chi connectivity index (χ0n) is 13.0. The van der Waals surface area contributed by atoms with Crippen molar-refractivity contribution in [2.45, 2.75) is 39.3 Å². The van der Waals surface area contributed by atoms with E-state index < -0.39 is 24.1 Å². The number of urea groups is 1. The van der Waals surface area contributed by atoms with Gasteiger partial charge in [0.2, 0.25) is 5.91 Å². The number of nitrogens with zero attached hydrogens (tertiary/aromatic N) is 1. The molecule has 0 aliphatic heterocycles. The molecule has 2 atom stereocenters. The van der Waals surface area contributed by atoms with Crippen molar-refractivity contribution in [1.82, 2.24) is 15.5 Å². The Morgan fingerprint density at radius 3 is 2.24 bits per heavy atom. The highest BCUT2D eigenvalue weighted by atomic mass is 16.5. The molecule has 3 amide bonds. The first-order chi connectivity index (χ1) is 9.85. The molecule has 0 radical (unpaired) electrons. The SMILES string of the molecule is CCN(CC)C(=O)C(C)NC(=O)NCC(CC(=O)O)OC. The summed E-state index contributed by atoms with van der Waals surface area (Å²) in [5, 5.41) is 13.7. The van der Waals surface area contributed by atoms with Crippen molar-refractivity contribution < 1.29 is 24.2 Å². The molecule has 0 spiro atoms. The van der Waals surface area contributed by atoms with E-state index in [1.54, 1.807) is 11.8 Å². The zero-order valence-corrected chi connectivity index (χ0v) is 13.0. The van der Waals surface area contributed by atoms with Gasteiger partial charge in [0.25, 0.3) is 0 Å². The van der Waals surface area contributed by atoms with Crippen molar-refractivity contribution in [3.63, 3.8) is 0 Å². The summed E-state index contributed by atoms with van der Waals surface area (Å²) in [5.74, 6) is -1.17. The van der Waals surface area contributed by atoms with E-state index in [1.807, 2.05) is 13.8 Å². The predicted molar refractivity (Wildman–Crippen MR) is 77.0 cm³/mol. The highest BCUT2D eigenvalue weighted by Gasteiger charge is 2.20. The van der Waals surface area contributed by atoms with E-state index in [-0.39, 0.29) is 18.9 Å². The molecule has 0 aromatic heterocycles. The fourth-order valence-corrected chi connectivity index (χ4v) is 1.76. The number of carbonyl (C=O) groups excluding carboxylic acids is 2. The molecule has 2 unspecified atom stereocenters. The number of carbonyl (C=O) groups is 3. The molecule has 0 bridgehead atoms. The Kier molecular flexibility index (Phi) is 9.11. The normalized spacial score (nSPS) is 13.1. The summed E-state index contributed by atoms with van der Waals surface area (Å²) in [4.78, 5) is 35.8. The Bertz CT molecular complexity index is 358. The average molecular weight is 303 g/mol. The van der Waals surface area contributed by atoms with Crippen molar-refractivity contribution in [2.24, 2.45) is 0 Å². The van der Waals surface area contributed by atoms with Crippen molar-refractivity contribution >= 4 is 17.9 Å². The molecule has 3 N–H and O–H groups in total. The van der Waals surface area contributed by atoms with Gasteiger partial charge in [0, 0.05) is 26.7 Å². The van der Waals surface area contributed by atoms with Crippen molar-refractivity contribution in [3.05, 3.63) is 0 Å². The van der Waals surface area contributed by atoms with E-state index in [4.69, 9.17) is 9.84 Å². The van der Waals surface area contributed by atoms with E-state index in [2.05, 4.69) is 10.6 Å². The first kappa shape index (κ1) is 19.2. The molecule has 0 aliphatic carbocycles. The fourth-order valence-electron chi connectivity index (χ4n) is 1.76. The highest BCUT2D eigenvalue weighted by Crippen LogP contribution is 1.97. The molecule has 0 heterocycles. The highest BCUT2D eigenvalue weighted by molar-refractivity contribution is 5.86. The quantitative estimate of drug-likeness (QED) is 0.557. The van der Waals surface area contributed by atoms with Gasteiger partial charge in [-0.15, -0.1) is 0 Å². The number of aliphatic carboxylic acids is 1. The molecule has 0 saturated carbocycles. The third-order valence-corrected chi connectivity index (χ3v) is 3.02. The standard InChI is InChI=1S/C13H25N3O5/c1-5-16(6-2)12(19)9(3)15-13(20)14-8-10(21-4)7-11(17)18/h9-10H,5-8H2,1-4H3,(H,17,18)(H2,14,15,20). The first-order valence-electron chi connectivity index (χ1n) is 6.93. The van der Waals surface area contributed by atoms with Gasteiger partial charge in [0.05, 0.1) is 12.5 Å². The molecule has 0 aromatic carbocycles. The number of carboxylic acids is 1. The third-order valence-electron chi connectivity index (χ3n) is 3.02. The van der Waals surface area contributed by atoms with Crippen LogP contribution in [0, 0.1) is 0 Å². The maximum Gasteiger partial charge on any atom is 0.315 e. The lowest BCUT2D eigenvalue weighted by Crippen LogP contribution is -2.50. The van der Waals surface area contributed by atoms with Gasteiger partial charge >= 0.3 is 12.0 Å². The Morgan fingerprint density at radius 1 is 1.24 bits per heavy atom. The number of hydrogen-bond acceptors (Lipinski definition) is 4. The maximum absolute atomic E-state index is 12.0. The second-order valence-electron chi connectivity index (χ2n) is 4.54. The van der Waals surface area contributed by atoms with Gasteiger partial charge in [0.15, 0.2) is 0 Å². The lowest BCUT2D eigenvalue weighted by atomic mass is 10.2. The van der Waals surface area contributed by atoms with Crippen molar-refractivity contribution in [1.29, 1.82) is 0 Å². The molecule has 21 heavy (non-hydrogen) atoms. The van der Waals surface area contributed by atoms with Gasteiger partial charge in [-0.3, -0.25) is 9.59 Å². The van der Waals surface area contributed by atoms with E-state index >= 15 is 0 Å². The van der Waals surface area contributed by atoms with Gasteiger partial charge in [-0.2, -0.15) is 0 Å². The number of nitrogens with one attached hydrogen (secondary N) is 2. The van der Waals surface area contributed by atoms with Crippen LogP contribution in [0.5, 0.6) is 0 Å². The van der Waals surface area contributed by atoms with Crippen LogP contribution in [0.25, 0.3) is 0 Å². The molecule has 0 rings (SSSR count). The van der Waals surface area contributed by atoms with Crippen LogP contribution in [0.15, 0.2) is 0 Å². The molecule has 0 fully saturated rings. The fraction of sp³-hybridized carbons (Fsp3) is 0.769. The lowest BCUT2D eigenvalue weighted by molar-refractivity contribution is -0.139. The average Bonchev–Trinajstić information content (AvgIpc) is 2.44. The van der Waals surface area contributed by atoms with Crippen molar-refractivity contribution in [2.75, 3.05) is 26.7 Å². The molecule has 122 valence electrons. The maximum atomic E-state index is 12.0. The van der Waals surface area contributed by atoms with Gasteiger partial charge in [-0.05, 0) is 20.8 Å². The number of rotatable bonds is 9. The van der Waals surface area contributed by atoms with Crippen LogP contribution < -0.4 is 10.6 Å². The topological polar surface area (TPSA) is 108 Å². The summed E-state index contributed by atoms with van der Waals surface area (Å²) in [6.07, 6.45) is -0.813. The van der Waals surface area contributed by atoms with E-state index in [1.165, 1.54) is 7.11 Å². The monoisotopic (exact) mass is 303 g/mol. The second-order valence-corrected chi connectivity index (χ2v) is 4.54. The van der Waals surface area contributed by atoms with Gasteiger partial charge < -0.3 is 25.4 Å². The Labute approximate surface area is 124 Å². The Balaban J connectivity index is 4.24. The number of likely N-dealkylation sites (N-methyl/N-ethyl adjacent to an activating group) is 1. The summed E-state index contributed by atoms with van der Waals surface area (Å²) in [6, 6.07) is -1.18. The minimum atomic E-state index is -1.01. The second kappa shape index (κ2) is 9.98. The lowest BCUT2D eigenvalue weighted by Gasteiger charge is -2.23. The number of hydrogen-bond donors (Lipinski definition) is 3. The number of ether oxygens (including phenoxy) is 1. The molecule has 0 aromatic rings. The van der Waals surface area contributed by atoms with Crippen LogP contribution in [0.2, 0.25) is 0 Å². The van der Waals surface area contributed by atoms with Crippen molar-refractivity contribution in [3.8, 4) is 0 Å². The predicted octanol–water partition coefficient (Wildman–Crippen LogP) is 0.0322. The summed E-state index contributed by atoms with van der Waals surface area (Å²) < 4.78 is 4.94. The number of amides is 3. The molecule has 0 saturated heterocycles. The summed E-state index contributed by atoms with van der Waals surface area (Å²) >= 11 is 0. The minimum Gasteiger partial charge on any atom is -0.481 e. The van der Waals surface area contributed by atoms with Gasteiger partial charge in [-0.25, -0.2) is 4.79 Å². The Hall–Kier alpha value is -1.83. The largest absolute Gasteiger partial charge is 0.481 e. The molecule has 8 nitrogen and oxygen atoms in total. The van der Waals surface area contributed by atoms with Crippen LogP contribution in [-0.4, -0.2) is 66.8 Å². The van der Waals surface area contributed by atoms with Crippen LogP contribution in [0.1, 0.15) is 27.2 Å². The smallest absolute Gasteiger partial charge is 0.315 e. The van der Waals surface area contributed by atoms with Crippen LogP contribution in [0.3, 0.4) is 0 Å². The van der Waals surface area contributed by atoms with E-state index in [0.29, 0.717) is 13.1 Å². The van der Waals surface area contributed by atoms with Gasteiger partial charge in [0.1, 0.15) is 6.04 Å². The van der Waals surface area contributed by atoms with E-state index in [9.17, 15) is 14.4 Å². The zero-order chi connectivity index (χ0) is 16.4. The van der Waals surface area contributed by atoms with Crippen LogP contribution in [0.4, 0.5) is 4.79 Å². The van der Waals surface area contributed by atoms with Crippen LogP contribution >= 0.6 is 0 Å². The molecule has 0 aliphatic rings. The summed E-state index contributed by atoms with van der Waals surface area (Å²) in [5.41, 5.74) is 0. The Morgan fingerprint density at radius 2 is 1.81 bits per heavy atom. The molecular weight excluding hydrogens is 278 g/mol. The summed E-state index contributed by atoms with van der Waals surface area (Å²) in [6.45, 7) is 6.54. The molecule has 8 heteroatoms. The van der Waals surface area contributed by atoms with Crippen LogP contribution in [-0.2, 0) is 14.3 Å². The summed E-state index contributed by atoms with van der Waals surface area (Å²) in [7, 11) is 1.37.